The number of rotatable bonds is 3. The Morgan fingerprint density at radius 1 is 0.411 bits per heavy atom. The standard InChI is InChI=1S/C51H33N5/c1-4-17-33(18-5-1)49-52-50(34-19-6-2-7-20-34)54-51(53-49)56-43-31-30-41-44-39-26-14-12-24-37(39)38-25-13-15-27-40(38)47(44)55(35-21-8-3-9-22-35)48(41)45(43)42-29-28-32-16-10-11-23-36(32)46(42)56/h1-31,49H,(H,52,53,54). The number of benzene rings is 9. The number of fused-ring (bicyclic) bond motifs is 14. The molecule has 9 aromatic carbocycles. The van der Waals surface area contributed by atoms with Crippen LogP contribution >= 0.6 is 0 Å². The first kappa shape index (κ1) is 30.9. The van der Waals surface area contributed by atoms with Gasteiger partial charge in [-0.15, -0.1) is 0 Å². The van der Waals surface area contributed by atoms with Crippen LogP contribution in [-0.4, -0.2) is 20.9 Å². The van der Waals surface area contributed by atoms with Crippen LogP contribution in [-0.2, 0) is 0 Å². The van der Waals surface area contributed by atoms with Gasteiger partial charge in [-0.1, -0.05) is 170 Å². The van der Waals surface area contributed by atoms with Gasteiger partial charge in [0.15, 0.2) is 0 Å². The molecular weight excluding hydrogens is 683 g/mol. The monoisotopic (exact) mass is 715 g/mol. The van der Waals surface area contributed by atoms with E-state index in [1.807, 2.05) is 12.1 Å². The maximum absolute atomic E-state index is 5.44. The second kappa shape index (κ2) is 12.0. The quantitative estimate of drug-likeness (QED) is 0.182. The fourth-order valence-electron chi connectivity index (χ4n) is 9.15. The highest BCUT2D eigenvalue weighted by atomic mass is 15.3. The summed E-state index contributed by atoms with van der Waals surface area (Å²) in [5, 5.41) is 15.8. The molecule has 262 valence electrons. The van der Waals surface area contributed by atoms with E-state index in [0.717, 1.165) is 44.5 Å². The van der Waals surface area contributed by atoms with Gasteiger partial charge in [0.2, 0.25) is 5.96 Å². The number of hydrogen-bond acceptors (Lipinski definition) is 3. The molecule has 0 saturated heterocycles. The van der Waals surface area contributed by atoms with Crippen molar-refractivity contribution in [3.63, 3.8) is 0 Å². The van der Waals surface area contributed by atoms with Crippen LogP contribution in [0, 0.1) is 0 Å². The van der Waals surface area contributed by atoms with E-state index in [0.29, 0.717) is 5.96 Å². The molecule has 0 saturated carbocycles. The molecule has 0 bridgehead atoms. The van der Waals surface area contributed by atoms with Gasteiger partial charge in [-0.25, -0.2) is 4.99 Å². The van der Waals surface area contributed by atoms with Crippen molar-refractivity contribution in [2.24, 2.45) is 9.98 Å². The van der Waals surface area contributed by atoms with Gasteiger partial charge in [0.1, 0.15) is 12.0 Å². The first-order valence-corrected chi connectivity index (χ1v) is 19.1. The van der Waals surface area contributed by atoms with Crippen LogP contribution < -0.4 is 5.32 Å². The Morgan fingerprint density at radius 3 is 1.75 bits per heavy atom. The highest BCUT2D eigenvalue weighted by Gasteiger charge is 2.28. The molecule has 1 aliphatic heterocycles. The topological polar surface area (TPSA) is 46.6 Å². The molecule has 1 N–H and O–H groups in total. The lowest BCUT2D eigenvalue weighted by Gasteiger charge is -2.24. The number of aromatic nitrogens is 2. The Balaban J connectivity index is 1.30. The number of aliphatic imine (C=N–C) groups is 2. The zero-order valence-electron chi connectivity index (χ0n) is 30.3. The minimum atomic E-state index is -0.335. The molecule has 56 heavy (non-hydrogen) atoms. The van der Waals surface area contributed by atoms with Crippen molar-refractivity contribution < 1.29 is 0 Å². The zero-order valence-corrected chi connectivity index (χ0v) is 30.3. The molecule has 12 rings (SSSR count). The molecule has 11 aromatic rings. The first-order valence-electron chi connectivity index (χ1n) is 19.1. The van der Waals surface area contributed by atoms with Gasteiger partial charge >= 0.3 is 0 Å². The normalized spacial score (nSPS) is 14.6. The lowest BCUT2D eigenvalue weighted by molar-refractivity contribution is 0.668. The number of hydrogen-bond donors (Lipinski definition) is 1. The maximum atomic E-state index is 5.44. The van der Waals surface area contributed by atoms with Crippen LogP contribution in [0.3, 0.4) is 0 Å². The van der Waals surface area contributed by atoms with Crippen LogP contribution in [0.2, 0.25) is 0 Å². The summed E-state index contributed by atoms with van der Waals surface area (Å²) in [4.78, 5) is 10.8. The second-order valence-electron chi connectivity index (χ2n) is 14.6. The third-order valence-corrected chi connectivity index (χ3v) is 11.5. The SMILES string of the molecule is c1ccc(C2=NC(n3c4ccc5c6c7ccccc7c7ccccc7c6n(-c6ccccc6)c5c4c4ccc5ccccc5c43)=NC(c3ccccc3)N2)cc1. The van der Waals surface area contributed by atoms with E-state index in [-0.39, 0.29) is 6.17 Å². The average Bonchev–Trinajstić information content (AvgIpc) is 3.81. The van der Waals surface area contributed by atoms with Gasteiger partial charge < -0.3 is 9.88 Å². The number of para-hydroxylation sites is 1. The molecule has 0 radical (unpaired) electrons. The van der Waals surface area contributed by atoms with Crippen LogP contribution in [0.25, 0.3) is 81.6 Å². The summed E-state index contributed by atoms with van der Waals surface area (Å²) in [6, 6.07) is 67.2. The van der Waals surface area contributed by atoms with Gasteiger partial charge in [-0.05, 0) is 45.3 Å². The molecule has 1 unspecified atom stereocenters. The summed E-state index contributed by atoms with van der Waals surface area (Å²) in [7, 11) is 0. The highest BCUT2D eigenvalue weighted by Crippen LogP contribution is 2.47. The van der Waals surface area contributed by atoms with Crippen LogP contribution in [0.5, 0.6) is 0 Å². The Morgan fingerprint density at radius 2 is 0.982 bits per heavy atom. The summed E-state index contributed by atoms with van der Waals surface area (Å²) in [6.45, 7) is 0. The van der Waals surface area contributed by atoms with E-state index in [1.54, 1.807) is 0 Å². The fraction of sp³-hybridized carbons (Fsp3) is 0.0196. The molecule has 0 fully saturated rings. The lowest BCUT2D eigenvalue weighted by atomic mass is 9.96. The molecule has 1 aliphatic rings. The molecule has 2 aromatic heterocycles. The minimum absolute atomic E-state index is 0.335. The van der Waals surface area contributed by atoms with E-state index in [4.69, 9.17) is 9.98 Å². The van der Waals surface area contributed by atoms with Crippen LogP contribution in [0.1, 0.15) is 17.3 Å². The van der Waals surface area contributed by atoms with Crippen molar-refractivity contribution in [2.45, 2.75) is 6.17 Å². The van der Waals surface area contributed by atoms with Gasteiger partial charge in [-0.3, -0.25) is 4.57 Å². The number of nitrogens with zero attached hydrogens (tertiary/aromatic N) is 4. The smallest absolute Gasteiger partial charge is 0.234 e. The van der Waals surface area contributed by atoms with Crippen molar-refractivity contribution in [2.75, 3.05) is 0 Å². The van der Waals surface area contributed by atoms with Crippen molar-refractivity contribution in [1.82, 2.24) is 14.5 Å². The van der Waals surface area contributed by atoms with Gasteiger partial charge in [-0.2, -0.15) is 4.99 Å². The fourth-order valence-corrected chi connectivity index (χ4v) is 9.15. The van der Waals surface area contributed by atoms with Crippen molar-refractivity contribution >= 4 is 87.7 Å². The van der Waals surface area contributed by atoms with Crippen molar-refractivity contribution in [3.05, 3.63) is 199 Å². The van der Waals surface area contributed by atoms with E-state index < -0.39 is 0 Å². The lowest BCUT2D eigenvalue weighted by Crippen LogP contribution is -2.35. The largest absolute Gasteiger partial charge is 0.344 e. The molecule has 5 nitrogen and oxygen atoms in total. The molecular formula is C51H33N5. The van der Waals surface area contributed by atoms with Gasteiger partial charge in [0.25, 0.3) is 0 Å². The summed E-state index contributed by atoms with van der Waals surface area (Å²) < 4.78 is 4.83. The van der Waals surface area contributed by atoms with Crippen molar-refractivity contribution in [3.8, 4) is 5.69 Å². The van der Waals surface area contributed by atoms with Crippen LogP contribution in [0.15, 0.2) is 198 Å². The summed E-state index contributed by atoms with van der Waals surface area (Å²) in [5.74, 6) is 1.43. The summed E-state index contributed by atoms with van der Waals surface area (Å²) >= 11 is 0. The third kappa shape index (κ3) is 4.42. The molecule has 5 heteroatoms. The Kier molecular flexibility index (Phi) is 6.63. The average molecular weight is 716 g/mol. The van der Waals surface area contributed by atoms with Gasteiger partial charge in [0, 0.05) is 43.6 Å². The Labute approximate surface area is 322 Å². The molecule has 0 spiro atoms. The third-order valence-electron chi connectivity index (χ3n) is 11.5. The predicted octanol–water partition coefficient (Wildman–Crippen LogP) is 12.3. The highest BCUT2D eigenvalue weighted by molar-refractivity contribution is 6.37. The van der Waals surface area contributed by atoms with Crippen LogP contribution in [0.4, 0.5) is 0 Å². The van der Waals surface area contributed by atoms with E-state index in [9.17, 15) is 0 Å². The molecule has 0 amide bonds. The predicted molar refractivity (Wildman–Crippen MR) is 234 cm³/mol. The number of amidine groups is 1. The first-order chi connectivity index (χ1) is 27.8. The maximum Gasteiger partial charge on any atom is 0.234 e. The number of nitrogens with one attached hydrogen (secondary N) is 1. The van der Waals surface area contributed by atoms with E-state index in [2.05, 4.69) is 190 Å². The summed E-state index contributed by atoms with van der Waals surface area (Å²) in [5.41, 5.74) is 7.74. The minimum Gasteiger partial charge on any atom is -0.344 e. The molecule has 0 aliphatic carbocycles. The summed E-state index contributed by atoms with van der Waals surface area (Å²) in [6.07, 6.45) is -0.335. The molecule has 1 atom stereocenters. The Hall–Kier alpha value is -7.50. The zero-order chi connectivity index (χ0) is 36.7. The van der Waals surface area contributed by atoms with Gasteiger partial charge in [0.05, 0.1) is 22.1 Å². The van der Waals surface area contributed by atoms with E-state index in [1.165, 1.54) is 54.1 Å². The Bertz CT molecular complexity index is 3430. The second-order valence-corrected chi connectivity index (χ2v) is 14.6. The molecule has 3 heterocycles. The van der Waals surface area contributed by atoms with Crippen molar-refractivity contribution in [1.29, 1.82) is 0 Å². The van der Waals surface area contributed by atoms with E-state index >= 15 is 0 Å².